The summed E-state index contributed by atoms with van der Waals surface area (Å²) >= 11 is 5.13. The van der Waals surface area contributed by atoms with Crippen molar-refractivity contribution in [3.8, 4) is 0 Å². The van der Waals surface area contributed by atoms with Gasteiger partial charge in [0.15, 0.2) is 0 Å². The van der Waals surface area contributed by atoms with Crippen LogP contribution < -0.4 is 5.09 Å². The largest absolute Gasteiger partial charge is 0.344 e. The first-order valence-corrected chi connectivity index (χ1v) is 9.42. The van der Waals surface area contributed by atoms with Crippen LogP contribution in [0.15, 0.2) is 0 Å². The molecule has 0 unspecified atom stereocenters. The normalized spacial score (nSPS) is 20.1. The first-order valence-electron chi connectivity index (χ1n) is 5.06. The molecule has 0 bridgehead atoms. The zero-order chi connectivity index (χ0) is 12.1. The second kappa shape index (κ2) is 6.57. The van der Waals surface area contributed by atoms with Crippen molar-refractivity contribution < 1.29 is 22.7 Å². The number of nitrogens with one attached hydrogen (secondary N) is 1. The van der Waals surface area contributed by atoms with Crippen LogP contribution in [0.2, 0.25) is 0 Å². The summed E-state index contributed by atoms with van der Waals surface area (Å²) in [5.41, 5.74) is 0. The highest BCUT2D eigenvalue weighted by Gasteiger charge is 2.30. The quantitative estimate of drug-likeness (QED) is 0.720. The zero-order valence-corrected chi connectivity index (χ0v) is 12.0. The maximum atomic E-state index is 12.1. The molecule has 0 atom stereocenters. The van der Waals surface area contributed by atoms with Crippen LogP contribution in [0.3, 0.4) is 0 Å². The Kier molecular flexibility index (Phi) is 6.05. The van der Waals surface area contributed by atoms with E-state index in [0.29, 0.717) is 26.4 Å². The number of rotatable bonds is 7. The molecule has 16 heavy (non-hydrogen) atoms. The lowest BCUT2D eigenvalue weighted by molar-refractivity contribution is 0.219. The summed E-state index contributed by atoms with van der Waals surface area (Å²) in [6.07, 6.45) is 0.0198. The van der Waals surface area contributed by atoms with Crippen LogP contribution >= 0.6 is 14.2 Å². The summed E-state index contributed by atoms with van der Waals surface area (Å²) in [4.78, 5) is 0. The molecular formula is C7H17NO5P2S. The first-order chi connectivity index (χ1) is 7.54. The van der Waals surface area contributed by atoms with Crippen LogP contribution in [0.5, 0.6) is 0 Å². The summed E-state index contributed by atoms with van der Waals surface area (Å²) in [6, 6.07) is 0. The number of hydrogen-bond donors (Lipinski definition) is 1. The van der Waals surface area contributed by atoms with Gasteiger partial charge in [-0.2, -0.15) is 0 Å². The van der Waals surface area contributed by atoms with Crippen molar-refractivity contribution in [2.45, 2.75) is 13.8 Å². The lowest BCUT2D eigenvalue weighted by atomic mass is 10.8. The van der Waals surface area contributed by atoms with E-state index in [4.69, 9.17) is 29.9 Å². The van der Waals surface area contributed by atoms with E-state index >= 15 is 0 Å². The smallest absolute Gasteiger partial charge is 0.316 e. The minimum absolute atomic E-state index is 0.0198. The Balaban J connectivity index is 2.49. The van der Waals surface area contributed by atoms with Crippen LogP contribution in [-0.4, -0.2) is 32.7 Å². The third kappa shape index (κ3) is 4.51. The lowest BCUT2D eigenvalue weighted by Gasteiger charge is -2.20. The van der Waals surface area contributed by atoms with Gasteiger partial charge < -0.3 is 18.1 Å². The van der Waals surface area contributed by atoms with Crippen LogP contribution in [0.1, 0.15) is 13.8 Å². The Morgan fingerprint density at radius 1 is 1.31 bits per heavy atom. The lowest BCUT2D eigenvalue weighted by Crippen LogP contribution is -2.15. The van der Waals surface area contributed by atoms with Crippen molar-refractivity contribution >= 4 is 26.0 Å². The van der Waals surface area contributed by atoms with Crippen molar-refractivity contribution in [3.63, 3.8) is 0 Å². The highest BCUT2D eigenvalue weighted by molar-refractivity contribution is 8.09. The van der Waals surface area contributed by atoms with Gasteiger partial charge in [-0.05, 0) is 25.7 Å². The van der Waals surface area contributed by atoms with Gasteiger partial charge in [-0.25, -0.2) is 5.09 Å². The molecule has 0 radical (unpaired) electrons. The van der Waals surface area contributed by atoms with Gasteiger partial charge in [-0.15, -0.1) is 0 Å². The van der Waals surface area contributed by atoms with Crippen LogP contribution in [0.25, 0.3) is 0 Å². The van der Waals surface area contributed by atoms with E-state index in [2.05, 4.69) is 5.09 Å². The average molecular weight is 289 g/mol. The third-order valence-corrected chi connectivity index (χ3v) is 6.42. The molecule has 0 amide bonds. The molecule has 1 aliphatic rings. The zero-order valence-electron chi connectivity index (χ0n) is 9.38. The van der Waals surface area contributed by atoms with Gasteiger partial charge in [0, 0.05) is 0 Å². The highest BCUT2D eigenvalue weighted by atomic mass is 32.5. The molecule has 0 aliphatic carbocycles. The van der Waals surface area contributed by atoms with Gasteiger partial charge in [-0.1, -0.05) is 0 Å². The summed E-state index contributed by atoms with van der Waals surface area (Å²) in [5, 5.41) is 2.84. The summed E-state index contributed by atoms with van der Waals surface area (Å²) in [6.45, 7) is 2.64. The summed E-state index contributed by atoms with van der Waals surface area (Å²) in [7, 11) is -3.12. The maximum absolute atomic E-state index is 12.1. The molecule has 1 fully saturated rings. The molecule has 0 saturated carbocycles. The fourth-order valence-electron chi connectivity index (χ4n) is 1.14. The van der Waals surface area contributed by atoms with Crippen molar-refractivity contribution in [1.29, 1.82) is 0 Å². The molecule has 9 heteroatoms. The van der Waals surface area contributed by atoms with Crippen molar-refractivity contribution in [2.75, 3.05) is 32.7 Å². The Morgan fingerprint density at radius 2 is 1.81 bits per heavy atom. The van der Waals surface area contributed by atoms with Gasteiger partial charge in [0.1, 0.15) is 6.29 Å². The standard InChI is InChI=1S/C7H17NO5P2S/c1-3-10-14(9,11-4-2)7-8-15(16)12-5-6-13-15/h3-7H2,1-2H3,(H,8,16). The molecule has 1 saturated heterocycles. The van der Waals surface area contributed by atoms with E-state index in [0.717, 1.165) is 0 Å². The van der Waals surface area contributed by atoms with E-state index in [-0.39, 0.29) is 6.29 Å². The van der Waals surface area contributed by atoms with Gasteiger partial charge in [0.25, 0.3) is 6.64 Å². The molecule has 0 aromatic rings. The molecule has 1 aliphatic heterocycles. The van der Waals surface area contributed by atoms with Crippen molar-refractivity contribution in [1.82, 2.24) is 5.09 Å². The second-order valence-corrected chi connectivity index (χ2v) is 8.25. The molecule has 0 aromatic heterocycles. The predicted molar refractivity (Wildman–Crippen MR) is 65.1 cm³/mol. The Morgan fingerprint density at radius 3 is 2.25 bits per heavy atom. The minimum Gasteiger partial charge on any atom is -0.316 e. The molecule has 1 heterocycles. The van der Waals surface area contributed by atoms with E-state index in [1.165, 1.54) is 0 Å². The molecule has 1 rings (SSSR count). The van der Waals surface area contributed by atoms with Crippen molar-refractivity contribution in [2.24, 2.45) is 0 Å². The van der Waals surface area contributed by atoms with E-state index < -0.39 is 14.2 Å². The maximum Gasteiger partial charge on any atom is 0.344 e. The molecular weight excluding hydrogens is 272 g/mol. The summed E-state index contributed by atoms with van der Waals surface area (Å²) < 4.78 is 32.8. The summed E-state index contributed by atoms with van der Waals surface area (Å²) in [5.74, 6) is 0. The van der Waals surface area contributed by atoms with Gasteiger partial charge >= 0.3 is 7.60 Å². The van der Waals surface area contributed by atoms with Crippen LogP contribution in [-0.2, 0) is 34.5 Å². The molecule has 0 aromatic carbocycles. The molecule has 6 nitrogen and oxygen atoms in total. The Bertz CT molecular complexity index is 293. The minimum atomic E-state index is -3.12. The third-order valence-electron chi connectivity index (χ3n) is 1.72. The SMILES string of the molecule is CCOP(=O)(CNP1(=S)OCCO1)OCC. The van der Waals surface area contributed by atoms with Gasteiger partial charge in [0.05, 0.1) is 26.4 Å². The Hall–Kier alpha value is 0.680. The van der Waals surface area contributed by atoms with Crippen LogP contribution in [0, 0.1) is 0 Å². The highest BCUT2D eigenvalue weighted by Crippen LogP contribution is 2.53. The van der Waals surface area contributed by atoms with Crippen LogP contribution in [0.4, 0.5) is 0 Å². The molecule has 0 spiro atoms. The van der Waals surface area contributed by atoms with Crippen molar-refractivity contribution in [3.05, 3.63) is 0 Å². The number of hydrogen-bond acceptors (Lipinski definition) is 6. The van der Waals surface area contributed by atoms with Gasteiger partial charge in [-0.3, -0.25) is 4.57 Å². The average Bonchev–Trinajstić information content (AvgIpc) is 2.64. The molecule has 1 N–H and O–H groups in total. The van der Waals surface area contributed by atoms with Gasteiger partial charge in [0.2, 0.25) is 0 Å². The topological polar surface area (TPSA) is 66.0 Å². The van der Waals surface area contributed by atoms with E-state index in [1.54, 1.807) is 13.8 Å². The fraction of sp³-hybridized carbons (Fsp3) is 1.00. The van der Waals surface area contributed by atoms with E-state index in [1.807, 2.05) is 0 Å². The predicted octanol–water partition coefficient (Wildman–Crippen LogP) is 2.07. The Labute approximate surface area is 101 Å². The first kappa shape index (κ1) is 14.7. The monoisotopic (exact) mass is 289 g/mol. The molecule has 96 valence electrons. The van der Waals surface area contributed by atoms with E-state index in [9.17, 15) is 4.57 Å². The fourth-order valence-corrected chi connectivity index (χ4v) is 5.42. The second-order valence-electron chi connectivity index (χ2n) is 2.93.